The molecule has 134 valence electrons. The number of benzene rings is 1. The minimum atomic E-state index is -4.72. The van der Waals surface area contributed by atoms with Gasteiger partial charge < -0.3 is 10.3 Å². The average molecular weight is 382 g/mol. The van der Waals surface area contributed by atoms with Crippen LogP contribution in [-0.2, 0) is 6.18 Å². The van der Waals surface area contributed by atoms with Crippen molar-refractivity contribution in [3.8, 4) is 0 Å². The normalized spacial score (nSPS) is 12.1. The predicted octanol–water partition coefficient (Wildman–Crippen LogP) is 4.26. The molecule has 0 atom stereocenters. The van der Waals surface area contributed by atoms with Crippen LogP contribution in [0.15, 0.2) is 46.2 Å². The average Bonchev–Trinajstić information content (AvgIpc) is 2.47. The Morgan fingerprint density at radius 3 is 2.16 bits per heavy atom. The van der Waals surface area contributed by atoms with E-state index in [1.54, 1.807) is 0 Å². The van der Waals surface area contributed by atoms with E-state index in [-0.39, 0.29) is 22.2 Å². The van der Waals surface area contributed by atoms with Crippen molar-refractivity contribution in [1.29, 1.82) is 0 Å². The first-order valence-electron chi connectivity index (χ1n) is 6.43. The number of aromatic amines is 1. The van der Waals surface area contributed by atoms with Crippen LogP contribution >= 0.6 is 11.8 Å². The highest BCUT2D eigenvalue weighted by Gasteiger charge is 2.31. The second-order valence-electron chi connectivity index (χ2n) is 4.66. The highest BCUT2D eigenvalue weighted by atomic mass is 32.2. The van der Waals surface area contributed by atoms with Crippen LogP contribution < -0.4 is 10.9 Å². The van der Waals surface area contributed by atoms with Crippen LogP contribution in [0.2, 0.25) is 0 Å². The largest absolute Gasteiger partial charge is 0.446 e. The second-order valence-corrected chi connectivity index (χ2v) is 5.79. The molecule has 2 aromatic rings. The fourth-order valence-electron chi connectivity index (χ4n) is 1.74. The van der Waals surface area contributed by atoms with Gasteiger partial charge in [-0.05, 0) is 42.1 Å². The molecule has 0 aliphatic rings. The van der Waals surface area contributed by atoms with Gasteiger partial charge >= 0.3 is 11.7 Å². The highest BCUT2D eigenvalue weighted by Crippen LogP contribution is 2.36. The monoisotopic (exact) mass is 382 g/mol. The molecule has 1 heterocycles. The summed E-state index contributed by atoms with van der Waals surface area (Å²) in [7, 11) is 0. The molecule has 0 aliphatic heterocycles. The molecule has 0 saturated heterocycles. The lowest BCUT2D eigenvalue weighted by molar-refractivity contribution is -0.137. The predicted molar refractivity (Wildman–Crippen MR) is 78.4 cm³/mol. The summed E-state index contributed by atoms with van der Waals surface area (Å²) < 4.78 is 74.5. The molecule has 0 saturated carbocycles. The summed E-state index contributed by atoms with van der Waals surface area (Å²) in [5.41, 5.74) is -7.36. The number of hydrogen-bond acceptors (Lipinski definition) is 3. The summed E-state index contributed by atoms with van der Waals surface area (Å²) in [5.74, 6) is -0.937. The van der Waals surface area contributed by atoms with Crippen molar-refractivity contribution in [2.45, 2.75) is 16.6 Å². The number of carbonyl (C=O) groups is 1. The number of carbonyl (C=O) groups excluding carboxylic acids is 1. The molecular formula is C14H8F6N2O2S. The summed E-state index contributed by atoms with van der Waals surface area (Å²) in [6, 6.07) is 4.65. The van der Waals surface area contributed by atoms with Gasteiger partial charge in [0.25, 0.3) is 11.5 Å². The van der Waals surface area contributed by atoms with Gasteiger partial charge in [-0.3, -0.25) is 9.59 Å². The number of amides is 1. The lowest BCUT2D eigenvalue weighted by Gasteiger charge is -2.10. The third-order valence-corrected chi connectivity index (χ3v) is 3.57. The first kappa shape index (κ1) is 18.9. The zero-order valence-corrected chi connectivity index (χ0v) is 12.8. The number of hydrogen-bond donors (Lipinski definition) is 2. The maximum atomic E-state index is 12.6. The molecule has 0 radical (unpaired) electrons. The molecule has 0 bridgehead atoms. The van der Waals surface area contributed by atoms with Crippen LogP contribution in [0.4, 0.5) is 32.0 Å². The van der Waals surface area contributed by atoms with E-state index >= 15 is 0 Å². The van der Waals surface area contributed by atoms with Gasteiger partial charge in [0.1, 0.15) is 5.69 Å². The van der Waals surface area contributed by atoms with Crippen LogP contribution in [-0.4, -0.2) is 16.4 Å². The minimum Gasteiger partial charge on any atom is -0.327 e. The summed E-state index contributed by atoms with van der Waals surface area (Å²) in [6.45, 7) is 0. The molecule has 4 nitrogen and oxygen atoms in total. The van der Waals surface area contributed by atoms with Crippen molar-refractivity contribution in [1.82, 2.24) is 4.98 Å². The number of aromatic nitrogens is 1. The van der Waals surface area contributed by atoms with E-state index in [1.165, 1.54) is 0 Å². The second kappa shape index (κ2) is 6.82. The Hall–Kier alpha value is -2.43. The SMILES string of the molecule is O=C(Nc1cc(C(F)(F)F)c[nH]c1=O)c1ccc(SC(F)(F)F)cc1. The summed E-state index contributed by atoms with van der Waals surface area (Å²) in [6.07, 6.45) is -4.26. The molecule has 2 N–H and O–H groups in total. The molecule has 0 spiro atoms. The Labute approximate surface area is 140 Å². The van der Waals surface area contributed by atoms with Crippen molar-refractivity contribution < 1.29 is 31.1 Å². The summed E-state index contributed by atoms with van der Waals surface area (Å²) in [5, 5.41) is 1.99. The third-order valence-electron chi connectivity index (χ3n) is 2.83. The van der Waals surface area contributed by atoms with Gasteiger partial charge in [0, 0.05) is 16.7 Å². The van der Waals surface area contributed by atoms with Gasteiger partial charge in [-0.2, -0.15) is 26.3 Å². The summed E-state index contributed by atoms with van der Waals surface area (Å²) in [4.78, 5) is 25.1. The molecule has 0 unspecified atom stereocenters. The Bertz CT molecular complexity index is 827. The molecule has 11 heteroatoms. The topological polar surface area (TPSA) is 62.0 Å². The molecule has 0 fully saturated rings. The van der Waals surface area contributed by atoms with E-state index in [0.29, 0.717) is 12.3 Å². The van der Waals surface area contributed by atoms with Gasteiger partial charge in [0.05, 0.1) is 5.56 Å². The van der Waals surface area contributed by atoms with Gasteiger partial charge in [-0.1, -0.05) is 0 Å². The Kier molecular flexibility index (Phi) is 5.16. The number of nitrogens with one attached hydrogen (secondary N) is 2. The fraction of sp³-hybridized carbons (Fsp3) is 0.143. The first-order valence-corrected chi connectivity index (χ1v) is 7.24. The third kappa shape index (κ3) is 5.28. The van der Waals surface area contributed by atoms with E-state index in [2.05, 4.69) is 0 Å². The number of alkyl halides is 6. The van der Waals surface area contributed by atoms with Crippen LogP contribution in [0, 0.1) is 0 Å². The molecular weight excluding hydrogens is 374 g/mol. The number of anilines is 1. The Balaban J connectivity index is 2.19. The quantitative estimate of drug-likeness (QED) is 0.616. The van der Waals surface area contributed by atoms with E-state index in [1.807, 2.05) is 10.3 Å². The molecule has 1 amide bonds. The zero-order valence-electron chi connectivity index (χ0n) is 12.0. The van der Waals surface area contributed by atoms with E-state index in [9.17, 15) is 35.9 Å². The fourth-order valence-corrected chi connectivity index (χ4v) is 2.28. The standard InChI is InChI=1S/C14H8F6N2O2S/c15-13(16,17)8-5-10(12(24)21-6-8)22-11(23)7-1-3-9(4-2-7)25-14(18,19)20/h1-6H,(H,21,24)(H,22,23). The van der Waals surface area contributed by atoms with Crippen LogP contribution in [0.1, 0.15) is 15.9 Å². The van der Waals surface area contributed by atoms with Crippen molar-refractivity contribution >= 4 is 23.4 Å². The van der Waals surface area contributed by atoms with Crippen molar-refractivity contribution in [3.63, 3.8) is 0 Å². The van der Waals surface area contributed by atoms with Gasteiger partial charge in [-0.25, -0.2) is 0 Å². The van der Waals surface area contributed by atoms with Crippen molar-refractivity contribution in [2.75, 3.05) is 5.32 Å². The molecule has 1 aromatic carbocycles. The van der Waals surface area contributed by atoms with Crippen molar-refractivity contribution in [2.24, 2.45) is 0 Å². The van der Waals surface area contributed by atoms with Crippen molar-refractivity contribution in [3.05, 3.63) is 58.0 Å². The smallest absolute Gasteiger partial charge is 0.327 e. The number of H-pyrrole nitrogens is 1. The molecule has 25 heavy (non-hydrogen) atoms. The molecule has 1 aromatic heterocycles. The minimum absolute atomic E-state index is 0.122. The van der Waals surface area contributed by atoms with E-state index < -0.39 is 34.4 Å². The maximum Gasteiger partial charge on any atom is 0.446 e. The number of halogens is 6. The van der Waals surface area contributed by atoms with Gasteiger partial charge in [0.2, 0.25) is 0 Å². The number of pyridine rings is 1. The van der Waals surface area contributed by atoms with E-state index in [0.717, 1.165) is 24.3 Å². The lowest BCUT2D eigenvalue weighted by Crippen LogP contribution is -2.21. The number of thioether (sulfide) groups is 1. The zero-order chi connectivity index (χ0) is 18.8. The maximum absolute atomic E-state index is 12.6. The Morgan fingerprint density at radius 1 is 1.04 bits per heavy atom. The van der Waals surface area contributed by atoms with Crippen LogP contribution in [0.25, 0.3) is 0 Å². The van der Waals surface area contributed by atoms with Gasteiger partial charge in [-0.15, -0.1) is 0 Å². The molecule has 2 rings (SSSR count). The first-order chi connectivity index (χ1) is 11.5. The highest BCUT2D eigenvalue weighted by molar-refractivity contribution is 8.00. The number of rotatable bonds is 3. The van der Waals surface area contributed by atoms with Gasteiger partial charge in [0.15, 0.2) is 0 Å². The van der Waals surface area contributed by atoms with Crippen LogP contribution in [0.3, 0.4) is 0 Å². The molecule has 0 aliphatic carbocycles. The Morgan fingerprint density at radius 2 is 1.64 bits per heavy atom. The van der Waals surface area contributed by atoms with Crippen LogP contribution in [0.5, 0.6) is 0 Å². The lowest BCUT2D eigenvalue weighted by atomic mass is 10.2. The summed E-state index contributed by atoms with van der Waals surface area (Å²) >= 11 is -0.379. The van der Waals surface area contributed by atoms with E-state index in [4.69, 9.17) is 0 Å².